The van der Waals surface area contributed by atoms with Crippen molar-refractivity contribution in [1.82, 2.24) is 20.9 Å². The maximum absolute atomic E-state index is 13.7. The molecular formula is C25H36N6O3S. The first-order valence-electron chi connectivity index (χ1n) is 12.3. The standard InChI is InChI=1S/C25H36N6O3S/c1-16(27-2)22(32)28-21(18-12-7-4-8-13-18)25(34)31-15-9-14-19(31)23(33)29-24(35)20(30-26)17-10-5-3-6-11-17/h3,5-6,10-11,16,18-19,21,27H,4,7-9,12-15,26H2,1-2H3,(H,28,32)(H,29,33,35)/t16-,19-,21-/m0/s1. The third-order valence-electron chi connectivity index (χ3n) is 6.98. The molecule has 0 aromatic heterocycles. The molecule has 1 aliphatic heterocycles. The molecule has 3 amide bonds. The summed E-state index contributed by atoms with van der Waals surface area (Å²) in [5, 5.41) is 12.4. The first-order valence-corrected chi connectivity index (χ1v) is 12.7. The van der Waals surface area contributed by atoms with E-state index >= 15 is 0 Å². The maximum atomic E-state index is 13.7. The molecule has 35 heavy (non-hydrogen) atoms. The third-order valence-corrected chi connectivity index (χ3v) is 7.27. The minimum atomic E-state index is -0.667. The van der Waals surface area contributed by atoms with E-state index in [1.165, 1.54) is 0 Å². The lowest BCUT2D eigenvalue weighted by atomic mass is 9.83. The van der Waals surface area contributed by atoms with E-state index in [9.17, 15) is 14.4 Å². The number of likely N-dealkylation sites (N-methyl/N-ethyl adjacent to an activating group) is 1. The number of amides is 3. The van der Waals surface area contributed by atoms with Crippen molar-refractivity contribution in [2.24, 2.45) is 16.9 Å². The summed E-state index contributed by atoms with van der Waals surface area (Å²) in [6.07, 6.45) is 6.19. The van der Waals surface area contributed by atoms with Crippen molar-refractivity contribution in [2.75, 3.05) is 13.6 Å². The van der Waals surface area contributed by atoms with E-state index < -0.39 is 18.1 Å². The zero-order valence-corrected chi connectivity index (χ0v) is 21.3. The average Bonchev–Trinajstić information content (AvgIpc) is 3.38. The van der Waals surface area contributed by atoms with Gasteiger partial charge in [-0.15, -0.1) is 0 Å². The van der Waals surface area contributed by atoms with Gasteiger partial charge >= 0.3 is 0 Å². The van der Waals surface area contributed by atoms with Crippen LogP contribution in [0.5, 0.6) is 0 Å². The number of nitrogens with two attached hydrogens (primary N) is 1. The molecule has 1 aromatic rings. The molecule has 10 heteroatoms. The lowest BCUT2D eigenvalue weighted by Crippen LogP contribution is -2.58. The number of nitrogens with one attached hydrogen (secondary N) is 3. The number of hydrazone groups is 1. The number of benzene rings is 1. The highest BCUT2D eigenvalue weighted by Gasteiger charge is 2.41. The highest BCUT2D eigenvalue weighted by Crippen LogP contribution is 2.29. The van der Waals surface area contributed by atoms with E-state index in [1.807, 2.05) is 18.2 Å². The molecule has 2 aliphatic rings. The van der Waals surface area contributed by atoms with Crippen LogP contribution in [0, 0.1) is 5.92 Å². The highest BCUT2D eigenvalue weighted by atomic mass is 32.1. The summed E-state index contributed by atoms with van der Waals surface area (Å²) in [4.78, 5) is 41.3. The molecule has 3 atom stereocenters. The van der Waals surface area contributed by atoms with E-state index in [0.717, 1.165) is 32.1 Å². The molecule has 1 saturated heterocycles. The van der Waals surface area contributed by atoms with Crippen LogP contribution >= 0.6 is 12.2 Å². The molecule has 0 spiro atoms. The highest BCUT2D eigenvalue weighted by molar-refractivity contribution is 7.82. The second-order valence-electron chi connectivity index (χ2n) is 9.25. The fourth-order valence-corrected chi connectivity index (χ4v) is 5.13. The Hall–Kier alpha value is -2.85. The molecule has 2 fully saturated rings. The van der Waals surface area contributed by atoms with E-state index in [1.54, 1.807) is 31.0 Å². The summed E-state index contributed by atoms with van der Waals surface area (Å²) in [7, 11) is 1.71. The molecule has 1 aromatic carbocycles. The van der Waals surface area contributed by atoms with E-state index in [4.69, 9.17) is 18.1 Å². The predicted octanol–water partition coefficient (Wildman–Crippen LogP) is 1.46. The Balaban J connectivity index is 1.74. The smallest absolute Gasteiger partial charge is 0.247 e. The molecule has 0 unspecified atom stereocenters. The minimum Gasteiger partial charge on any atom is -0.343 e. The Morgan fingerprint density at radius 3 is 2.40 bits per heavy atom. The van der Waals surface area contributed by atoms with E-state index in [-0.39, 0.29) is 28.6 Å². The van der Waals surface area contributed by atoms with Gasteiger partial charge in [0, 0.05) is 12.1 Å². The van der Waals surface area contributed by atoms with Gasteiger partial charge in [0.15, 0.2) is 0 Å². The molecule has 0 bridgehead atoms. The van der Waals surface area contributed by atoms with Crippen molar-refractivity contribution in [3.05, 3.63) is 35.9 Å². The van der Waals surface area contributed by atoms with Crippen LogP contribution in [0.3, 0.4) is 0 Å². The molecular weight excluding hydrogens is 464 g/mol. The zero-order chi connectivity index (χ0) is 25.4. The second-order valence-corrected chi connectivity index (χ2v) is 9.65. The fourth-order valence-electron chi connectivity index (χ4n) is 4.85. The Morgan fingerprint density at radius 1 is 1.09 bits per heavy atom. The van der Waals surface area contributed by atoms with Crippen LogP contribution in [0.1, 0.15) is 57.4 Å². The summed E-state index contributed by atoms with van der Waals surface area (Å²) >= 11 is 5.42. The monoisotopic (exact) mass is 500 g/mol. The summed E-state index contributed by atoms with van der Waals surface area (Å²) in [6, 6.07) is 7.40. The van der Waals surface area contributed by atoms with Gasteiger partial charge in [0.05, 0.1) is 6.04 Å². The topological polar surface area (TPSA) is 129 Å². The van der Waals surface area contributed by atoms with Crippen molar-refractivity contribution in [2.45, 2.75) is 70.0 Å². The number of carbonyl (C=O) groups excluding carboxylic acids is 3. The van der Waals surface area contributed by atoms with Gasteiger partial charge in [0.1, 0.15) is 22.8 Å². The molecule has 5 N–H and O–H groups in total. The van der Waals surface area contributed by atoms with E-state index in [0.29, 0.717) is 30.7 Å². The van der Waals surface area contributed by atoms with Gasteiger partial charge in [-0.25, -0.2) is 0 Å². The lowest BCUT2D eigenvalue weighted by Gasteiger charge is -2.35. The van der Waals surface area contributed by atoms with Crippen LogP contribution in [0.25, 0.3) is 0 Å². The van der Waals surface area contributed by atoms with Crippen LogP contribution < -0.4 is 21.8 Å². The van der Waals surface area contributed by atoms with Crippen molar-refractivity contribution < 1.29 is 14.4 Å². The first kappa shape index (κ1) is 26.7. The summed E-state index contributed by atoms with van der Waals surface area (Å²) in [5.74, 6) is 4.83. The van der Waals surface area contributed by atoms with Crippen molar-refractivity contribution >= 4 is 40.6 Å². The molecule has 1 saturated carbocycles. The molecule has 9 nitrogen and oxygen atoms in total. The Bertz CT molecular complexity index is 948. The number of hydrogen-bond donors (Lipinski definition) is 4. The summed E-state index contributed by atoms with van der Waals surface area (Å²) < 4.78 is 0. The minimum absolute atomic E-state index is 0.0590. The maximum Gasteiger partial charge on any atom is 0.247 e. The van der Waals surface area contributed by atoms with Crippen molar-refractivity contribution in [3.63, 3.8) is 0 Å². The SMILES string of the molecule is CN[C@@H](C)C(=O)N[C@H](C(=O)N1CCC[C@H]1C(=O)NC(=S)C(=NN)c1ccccc1)C1CCCCC1. The molecule has 190 valence electrons. The third kappa shape index (κ3) is 6.64. The largest absolute Gasteiger partial charge is 0.343 e. The summed E-state index contributed by atoms with van der Waals surface area (Å²) in [5.41, 5.74) is 0.997. The van der Waals surface area contributed by atoms with Gasteiger partial charge in [-0.05, 0) is 45.6 Å². The van der Waals surface area contributed by atoms with Crippen molar-refractivity contribution in [1.29, 1.82) is 0 Å². The number of rotatable bonds is 8. The molecule has 0 radical (unpaired) electrons. The number of thiocarbonyl (C=S) groups is 1. The second kappa shape index (κ2) is 12.7. The molecule has 1 aliphatic carbocycles. The number of nitrogens with zero attached hydrogens (tertiary/aromatic N) is 2. The van der Waals surface area contributed by atoms with Gasteiger partial charge in [-0.3, -0.25) is 14.4 Å². The van der Waals surface area contributed by atoms with Gasteiger partial charge < -0.3 is 26.7 Å². The predicted molar refractivity (Wildman–Crippen MR) is 140 cm³/mol. The van der Waals surface area contributed by atoms with Gasteiger partial charge in [0.2, 0.25) is 17.7 Å². The fraction of sp³-hybridized carbons (Fsp3) is 0.560. The first-order chi connectivity index (χ1) is 16.9. The van der Waals surface area contributed by atoms with Gasteiger partial charge in [-0.1, -0.05) is 61.8 Å². The van der Waals surface area contributed by atoms with Gasteiger partial charge in [-0.2, -0.15) is 5.10 Å². The van der Waals surface area contributed by atoms with Crippen LogP contribution in [-0.2, 0) is 14.4 Å². The van der Waals surface area contributed by atoms with Crippen LogP contribution in [-0.4, -0.2) is 65.0 Å². The average molecular weight is 501 g/mol. The summed E-state index contributed by atoms with van der Waals surface area (Å²) in [6.45, 7) is 2.22. The quantitative estimate of drug-likeness (QED) is 0.185. The van der Waals surface area contributed by atoms with Crippen LogP contribution in [0.15, 0.2) is 35.4 Å². The zero-order valence-electron chi connectivity index (χ0n) is 20.5. The Kier molecular flexibility index (Phi) is 9.73. The Morgan fingerprint density at radius 2 is 1.77 bits per heavy atom. The van der Waals surface area contributed by atoms with E-state index in [2.05, 4.69) is 21.1 Å². The molecule has 1 heterocycles. The number of carbonyl (C=O) groups is 3. The van der Waals surface area contributed by atoms with Crippen molar-refractivity contribution in [3.8, 4) is 0 Å². The number of likely N-dealkylation sites (tertiary alicyclic amines) is 1. The molecule has 3 rings (SSSR count). The van der Waals surface area contributed by atoms with Crippen LogP contribution in [0.2, 0.25) is 0 Å². The van der Waals surface area contributed by atoms with Gasteiger partial charge in [0.25, 0.3) is 0 Å². The lowest BCUT2D eigenvalue weighted by molar-refractivity contribution is -0.142. The normalized spacial score (nSPS) is 20.7. The Labute approximate surface area is 212 Å². The number of hydrogen-bond acceptors (Lipinski definition) is 7. The van der Waals surface area contributed by atoms with Crippen LogP contribution in [0.4, 0.5) is 0 Å².